The van der Waals surface area contributed by atoms with E-state index >= 15 is 0 Å². The van der Waals surface area contributed by atoms with Crippen LogP contribution in [0.3, 0.4) is 0 Å². The van der Waals surface area contributed by atoms with Crippen LogP contribution in [0.2, 0.25) is 0 Å². The van der Waals surface area contributed by atoms with E-state index in [0.717, 1.165) is 39.1 Å². The SMILES string of the molecule is CC1(n2cncc2C2CCCNC2)CCOCC1. The number of nitrogens with zero attached hydrogens (tertiary/aromatic N) is 2. The first kappa shape index (κ1) is 12.2. The van der Waals surface area contributed by atoms with Crippen LogP contribution in [0, 0.1) is 0 Å². The molecule has 1 atom stereocenters. The summed E-state index contributed by atoms with van der Waals surface area (Å²) < 4.78 is 7.93. The van der Waals surface area contributed by atoms with Crippen LogP contribution in [0.15, 0.2) is 12.5 Å². The Kier molecular flexibility index (Phi) is 3.39. The molecule has 2 saturated heterocycles. The Labute approximate surface area is 109 Å². The number of piperidine rings is 1. The predicted octanol–water partition coefficient (Wildman–Crippen LogP) is 1.88. The Hall–Kier alpha value is -0.870. The second kappa shape index (κ2) is 5.02. The maximum Gasteiger partial charge on any atom is 0.0953 e. The molecule has 0 radical (unpaired) electrons. The maximum atomic E-state index is 5.50. The van der Waals surface area contributed by atoms with E-state index in [2.05, 4.69) is 28.0 Å². The zero-order valence-corrected chi connectivity index (χ0v) is 11.2. The van der Waals surface area contributed by atoms with Gasteiger partial charge in [0.25, 0.3) is 0 Å². The van der Waals surface area contributed by atoms with Crippen LogP contribution >= 0.6 is 0 Å². The summed E-state index contributed by atoms with van der Waals surface area (Å²) in [5.41, 5.74) is 1.60. The monoisotopic (exact) mass is 249 g/mol. The van der Waals surface area contributed by atoms with Crippen LogP contribution in [0.25, 0.3) is 0 Å². The molecule has 2 aliphatic rings. The Morgan fingerprint density at radius 3 is 3.00 bits per heavy atom. The highest BCUT2D eigenvalue weighted by Crippen LogP contribution is 2.33. The third kappa shape index (κ3) is 2.19. The Morgan fingerprint density at radius 1 is 1.44 bits per heavy atom. The molecule has 1 aromatic rings. The molecule has 100 valence electrons. The molecule has 0 amide bonds. The molecule has 1 N–H and O–H groups in total. The van der Waals surface area contributed by atoms with Crippen molar-refractivity contribution in [2.24, 2.45) is 0 Å². The van der Waals surface area contributed by atoms with Gasteiger partial charge in [-0.2, -0.15) is 0 Å². The van der Waals surface area contributed by atoms with E-state index in [-0.39, 0.29) is 5.54 Å². The molecule has 2 fully saturated rings. The van der Waals surface area contributed by atoms with Crippen molar-refractivity contribution < 1.29 is 4.74 Å². The van der Waals surface area contributed by atoms with Gasteiger partial charge in [-0.3, -0.25) is 0 Å². The van der Waals surface area contributed by atoms with Crippen LogP contribution < -0.4 is 5.32 Å². The number of imidazole rings is 1. The number of aromatic nitrogens is 2. The van der Waals surface area contributed by atoms with Crippen molar-refractivity contribution in [1.82, 2.24) is 14.9 Å². The largest absolute Gasteiger partial charge is 0.381 e. The summed E-state index contributed by atoms with van der Waals surface area (Å²) in [5, 5.41) is 3.50. The third-order valence-corrected chi connectivity index (χ3v) is 4.53. The van der Waals surface area contributed by atoms with Crippen LogP contribution in [0.1, 0.15) is 44.2 Å². The van der Waals surface area contributed by atoms with Gasteiger partial charge in [0.05, 0.1) is 6.33 Å². The fraction of sp³-hybridized carbons (Fsp3) is 0.786. The van der Waals surface area contributed by atoms with Crippen molar-refractivity contribution in [2.45, 2.75) is 44.1 Å². The first-order valence-corrected chi connectivity index (χ1v) is 7.11. The molecule has 1 aromatic heterocycles. The summed E-state index contributed by atoms with van der Waals surface area (Å²) in [6.45, 7) is 6.35. The Bertz CT molecular complexity index is 389. The minimum atomic E-state index is 0.196. The summed E-state index contributed by atoms with van der Waals surface area (Å²) in [7, 11) is 0. The summed E-state index contributed by atoms with van der Waals surface area (Å²) in [4.78, 5) is 4.41. The van der Waals surface area contributed by atoms with Crippen LogP contribution in [0.4, 0.5) is 0 Å². The third-order valence-electron chi connectivity index (χ3n) is 4.53. The van der Waals surface area contributed by atoms with E-state index in [1.54, 1.807) is 0 Å². The number of nitrogens with one attached hydrogen (secondary N) is 1. The zero-order chi connectivity index (χ0) is 12.4. The molecule has 2 aliphatic heterocycles. The topological polar surface area (TPSA) is 39.1 Å². The molecular formula is C14H23N3O. The highest BCUT2D eigenvalue weighted by Gasteiger charge is 2.32. The highest BCUT2D eigenvalue weighted by atomic mass is 16.5. The van der Waals surface area contributed by atoms with Gasteiger partial charge in [-0.1, -0.05) is 0 Å². The normalized spacial score (nSPS) is 28.2. The van der Waals surface area contributed by atoms with E-state index in [4.69, 9.17) is 4.74 Å². The molecular weight excluding hydrogens is 226 g/mol. The van der Waals surface area contributed by atoms with E-state index in [9.17, 15) is 0 Å². The van der Waals surface area contributed by atoms with Gasteiger partial charge < -0.3 is 14.6 Å². The number of ether oxygens (including phenoxy) is 1. The van der Waals surface area contributed by atoms with E-state index in [1.807, 2.05) is 6.33 Å². The smallest absolute Gasteiger partial charge is 0.0953 e. The lowest BCUT2D eigenvalue weighted by molar-refractivity contribution is 0.0278. The zero-order valence-electron chi connectivity index (χ0n) is 11.2. The van der Waals surface area contributed by atoms with Gasteiger partial charge in [-0.05, 0) is 39.2 Å². The molecule has 3 heterocycles. The molecule has 0 aromatic carbocycles. The van der Waals surface area contributed by atoms with Gasteiger partial charge in [-0.15, -0.1) is 0 Å². The molecule has 0 bridgehead atoms. The van der Waals surface area contributed by atoms with Gasteiger partial charge in [-0.25, -0.2) is 4.98 Å². The van der Waals surface area contributed by atoms with E-state index in [0.29, 0.717) is 5.92 Å². The first-order valence-electron chi connectivity index (χ1n) is 7.11. The van der Waals surface area contributed by atoms with E-state index in [1.165, 1.54) is 18.5 Å². The standard InChI is InChI=1S/C14H23N3O/c1-14(4-7-18-8-5-14)17-11-16-10-13(17)12-3-2-6-15-9-12/h10-12,15H,2-9H2,1H3. The van der Waals surface area contributed by atoms with Gasteiger partial charge in [0.2, 0.25) is 0 Å². The summed E-state index contributed by atoms with van der Waals surface area (Å²) >= 11 is 0. The molecule has 0 aliphatic carbocycles. The van der Waals surface area contributed by atoms with Crippen LogP contribution in [-0.2, 0) is 10.3 Å². The minimum Gasteiger partial charge on any atom is -0.381 e. The summed E-state index contributed by atoms with van der Waals surface area (Å²) in [6, 6.07) is 0. The lowest BCUT2D eigenvalue weighted by atomic mass is 9.89. The van der Waals surface area contributed by atoms with E-state index < -0.39 is 0 Å². The van der Waals surface area contributed by atoms with Gasteiger partial charge in [0.1, 0.15) is 0 Å². The van der Waals surface area contributed by atoms with Crippen molar-refractivity contribution >= 4 is 0 Å². The van der Waals surface area contributed by atoms with Gasteiger partial charge in [0, 0.05) is 43.1 Å². The van der Waals surface area contributed by atoms with Gasteiger partial charge in [0.15, 0.2) is 0 Å². The second-order valence-electron chi connectivity index (χ2n) is 5.84. The number of hydrogen-bond acceptors (Lipinski definition) is 3. The minimum absolute atomic E-state index is 0.196. The molecule has 4 heteroatoms. The average molecular weight is 249 g/mol. The molecule has 3 rings (SSSR count). The van der Waals surface area contributed by atoms with Crippen molar-refractivity contribution in [1.29, 1.82) is 0 Å². The molecule has 4 nitrogen and oxygen atoms in total. The van der Waals surface area contributed by atoms with Crippen molar-refractivity contribution in [2.75, 3.05) is 26.3 Å². The maximum absolute atomic E-state index is 5.50. The number of rotatable bonds is 2. The second-order valence-corrected chi connectivity index (χ2v) is 5.84. The fourth-order valence-electron chi connectivity index (χ4n) is 3.21. The highest BCUT2D eigenvalue weighted by molar-refractivity contribution is 5.12. The molecule has 18 heavy (non-hydrogen) atoms. The molecule has 1 unspecified atom stereocenters. The first-order chi connectivity index (χ1) is 8.80. The quantitative estimate of drug-likeness (QED) is 0.870. The molecule has 0 saturated carbocycles. The lowest BCUT2D eigenvalue weighted by Crippen LogP contribution is -2.39. The Morgan fingerprint density at radius 2 is 2.28 bits per heavy atom. The summed E-state index contributed by atoms with van der Waals surface area (Å²) in [6.07, 6.45) is 8.83. The van der Waals surface area contributed by atoms with Gasteiger partial charge >= 0.3 is 0 Å². The van der Waals surface area contributed by atoms with Crippen molar-refractivity contribution in [3.63, 3.8) is 0 Å². The van der Waals surface area contributed by atoms with Crippen molar-refractivity contribution in [3.05, 3.63) is 18.2 Å². The van der Waals surface area contributed by atoms with Crippen molar-refractivity contribution in [3.8, 4) is 0 Å². The fourth-order valence-corrected chi connectivity index (χ4v) is 3.21. The van der Waals surface area contributed by atoms with Crippen LogP contribution in [-0.4, -0.2) is 35.9 Å². The number of hydrogen-bond donors (Lipinski definition) is 1. The van der Waals surface area contributed by atoms with Crippen LogP contribution in [0.5, 0.6) is 0 Å². The molecule has 0 spiro atoms. The lowest BCUT2D eigenvalue weighted by Gasteiger charge is -2.38. The summed E-state index contributed by atoms with van der Waals surface area (Å²) in [5.74, 6) is 0.626. The average Bonchev–Trinajstić information content (AvgIpc) is 2.91. The Balaban J connectivity index is 1.85. The predicted molar refractivity (Wildman–Crippen MR) is 70.8 cm³/mol.